The normalized spacial score (nSPS) is 26.0. The number of amides is 1. The van der Waals surface area contributed by atoms with Crippen LogP contribution in [0.5, 0.6) is 0 Å². The quantitative estimate of drug-likeness (QED) is 0.918. The SMILES string of the molecule is Cc1cc(F)ccc1C(=O)N1CC2(C[C@@H](CO)CN2CC2CC2)C1. The van der Waals surface area contributed by atoms with E-state index in [1.54, 1.807) is 13.0 Å². The van der Waals surface area contributed by atoms with Gasteiger partial charge in [-0.05, 0) is 61.8 Å². The summed E-state index contributed by atoms with van der Waals surface area (Å²) in [6, 6.07) is 4.36. The van der Waals surface area contributed by atoms with Gasteiger partial charge in [0.25, 0.3) is 5.91 Å². The van der Waals surface area contributed by atoms with Gasteiger partial charge in [-0.25, -0.2) is 4.39 Å². The first kappa shape index (κ1) is 16.0. The Morgan fingerprint density at radius 2 is 2.08 bits per heavy atom. The third-order valence-corrected chi connectivity index (χ3v) is 5.93. The Balaban J connectivity index is 1.46. The number of carbonyl (C=O) groups excluding carboxylic acids is 1. The molecule has 1 N–H and O–H groups in total. The molecule has 4 rings (SSSR count). The van der Waals surface area contributed by atoms with Crippen LogP contribution in [0.4, 0.5) is 4.39 Å². The molecule has 2 aliphatic heterocycles. The predicted octanol–water partition coefficient (Wildman–Crippen LogP) is 2.05. The lowest BCUT2D eigenvalue weighted by Crippen LogP contribution is -2.69. The fourth-order valence-electron chi connectivity index (χ4n) is 4.41. The number of halogens is 1. The molecule has 3 aliphatic rings. The van der Waals surface area contributed by atoms with E-state index in [9.17, 15) is 14.3 Å². The number of benzene rings is 1. The zero-order valence-corrected chi connectivity index (χ0v) is 14.2. The predicted molar refractivity (Wildman–Crippen MR) is 89.3 cm³/mol. The molecule has 2 heterocycles. The molecule has 2 saturated heterocycles. The van der Waals surface area contributed by atoms with Gasteiger partial charge in [0.2, 0.25) is 0 Å². The summed E-state index contributed by atoms with van der Waals surface area (Å²) >= 11 is 0. The first-order valence-electron chi connectivity index (χ1n) is 8.92. The largest absolute Gasteiger partial charge is 0.396 e. The van der Waals surface area contributed by atoms with Crippen molar-refractivity contribution < 1.29 is 14.3 Å². The number of carbonyl (C=O) groups is 1. The summed E-state index contributed by atoms with van der Waals surface area (Å²) in [4.78, 5) is 17.1. The standard InChI is InChI=1S/C19H25FN2O2/c1-13-6-16(20)4-5-17(13)18(24)21-11-19(12-21)7-15(10-23)9-22(19)8-14-2-3-14/h4-6,14-15,23H,2-3,7-12H2,1H3/t15-/m1/s1. The smallest absolute Gasteiger partial charge is 0.254 e. The lowest BCUT2D eigenvalue weighted by molar-refractivity contribution is -0.0200. The zero-order valence-electron chi connectivity index (χ0n) is 14.2. The second-order valence-corrected chi connectivity index (χ2v) is 7.95. The highest BCUT2D eigenvalue weighted by atomic mass is 19.1. The minimum atomic E-state index is -0.304. The molecule has 1 saturated carbocycles. The van der Waals surface area contributed by atoms with Crippen LogP contribution in [0.2, 0.25) is 0 Å². The van der Waals surface area contributed by atoms with Gasteiger partial charge in [-0.15, -0.1) is 0 Å². The molecule has 0 radical (unpaired) electrons. The van der Waals surface area contributed by atoms with Gasteiger partial charge in [0.15, 0.2) is 0 Å². The van der Waals surface area contributed by atoms with E-state index in [1.807, 2.05) is 4.90 Å². The van der Waals surface area contributed by atoms with Crippen LogP contribution in [0.15, 0.2) is 18.2 Å². The van der Waals surface area contributed by atoms with Crippen LogP contribution in [-0.2, 0) is 0 Å². The van der Waals surface area contributed by atoms with Gasteiger partial charge in [-0.2, -0.15) is 0 Å². The van der Waals surface area contributed by atoms with Crippen molar-refractivity contribution in [3.63, 3.8) is 0 Å². The number of aliphatic hydroxyl groups is 1. The van der Waals surface area contributed by atoms with E-state index in [1.165, 1.54) is 25.0 Å². The molecule has 1 atom stereocenters. The molecule has 0 unspecified atom stereocenters. The number of rotatable bonds is 4. The van der Waals surface area contributed by atoms with Crippen molar-refractivity contribution in [2.45, 2.75) is 31.7 Å². The highest BCUT2D eigenvalue weighted by molar-refractivity contribution is 5.96. The van der Waals surface area contributed by atoms with Gasteiger partial charge < -0.3 is 10.0 Å². The Bertz CT molecular complexity index is 653. The molecule has 4 nitrogen and oxygen atoms in total. The first-order chi connectivity index (χ1) is 11.5. The van der Waals surface area contributed by atoms with Crippen LogP contribution >= 0.6 is 0 Å². The average Bonchev–Trinajstić information content (AvgIpc) is 3.24. The molecule has 1 amide bonds. The summed E-state index contributed by atoms with van der Waals surface area (Å²) in [6.45, 7) is 5.52. The van der Waals surface area contributed by atoms with E-state index < -0.39 is 0 Å². The van der Waals surface area contributed by atoms with Gasteiger partial charge >= 0.3 is 0 Å². The van der Waals surface area contributed by atoms with E-state index in [-0.39, 0.29) is 23.9 Å². The van der Waals surface area contributed by atoms with Crippen molar-refractivity contribution in [2.24, 2.45) is 11.8 Å². The maximum atomic E-state index is 13.3. The van der Waals surface area contributed by atoms with Crippen LogP contribution in [0, 0.1) is 24.6 Å². The van der Waals surface area contributed by atoms with Crippen LogP contribution in [-0.4, -0.2) is 59.1 Å². The lowest BCUT2D eigenvalue weighted by atomic mass is 9.83. The molecule has 1 aliphatic carbocycles. The van der Waals surface area contributed by atoms with Crippen molar-refractivity contribution in [3.05, 3.63) is 35.1 Å². The molecule has 3 fully saturated rings. The molecule has 1 spiro atoms. The van der Waals surface area contributed by atoms with Crippen LogP contribution in [0.1, 0.15) is 35.2 Å². The third kappa shape index (κ3) is 2.74. The van der Waals surface area contributed by atoms with Crippen molar-refractivity contribution in [1.29, 1.82) is 0 Å². The molecule has 24 heavy (non-hydrogen) atoms. The average molecular weight is 332 g/mol. The number of hydrogen-bond acceptors (Lipinski definition) is 3. The molecule has 1 aromatic carbocycles. The second-order valence-electron chi connectivity index (χ2n) is 7.95. The summed E-state index contributed by atoms with van der Waals surface area (Å²) in [6.07, 6.45) is 3.60. The van der Waals surface area contributed by atoms with E-state index in [0.29, 0.717) is 17.0 Å². The monoisotopic (exact) mass is 332 g/mol. The van der Waals surface area contributed by atoms with Gasteiger partial charge in [-0.1, -0.05) is 0 Å². The van der Waals surface area contributed by atoms with E-state index >= 15 is 0 Å². The summed E-state index contributed by atoms with van der Waals surface area (Å²) in [5, 5.41) is 9.56. The number of likely N-dealkylation sites (tertiary alicyclic amines) is 2. The zero-order chi connectivity index (χ0) is 16.9. The van der Waals surface area contributed by atoms with Crippen molar-refractivity contribution >= 4 is 5.91 Å². The maximum absolute atomic E-state index is 13.3. The Hall–Kier alpha value is -1.46. The molecular formula is C19H25FN2O2. The number of aliphatic hydroxyl groups excluding tert-OH is 1. The van der Waals surface area contributed by atoms with Crippen LogP contribution < -0.4 is 0 Å². The molecule has 130 valence electrons. The number of aryl methyl sites for hydroxylation is 1. The Kier molecular flexibility index (Phi) is 3.88. The van der Waals surface area contributed by atoms with E-state index in [0.717, 1.165) is 38.5 Å². The van der Waals surface area contributed by atoms with Crippen molar-refractivity contribution in [2.75, 3.05) is 32.8 Å². The highest BCUT2D eigenvalue weighted by Crippen LogP contribution is 2.43. The van der Waals surface area contributed by atoms with Gasteiger partial charge in [0.05, 0.1) is 5.54 Å². The molecule has 0 bridgehead atoms. The number of hydrogen-bond donors (Lipinski definition) is 1. The highest BCUT2D eigenvalue weighted by Gasteiger charge is 2.55. The van der Waals surface area contributed by atoms with Gasteiger partial charge in [0.1, 0.15) is 5.82 Å². The topological polar surface area (TPSA) is 43.8 Å². The van der Waals surface area contributed by atoms with E-state index in [4.69, 9.17) is 0 Å². The van der Waals surface area contributed by atoms with Crippen molar-refractivity contribution in [1.82, 2.24) is 9.80 Å². The maximum Gasteiger partial charge on any atom is 0.254 e. The molecule has 1 aromatic rings. The summed E-state index contributed by atoms with van der Waals surface area (Å²) in [5.41, 5.74) is 1.34. The molecule has 5 heteroatoms. The van der Waals surface area contributed by atoms with E-state index in [2.05, 4.69) is 4.90 Å². The van der Waals surface area contributed by atoms with Crippen LogP contribution in [0.25, 0.3) is 0 Å². The summed E-state index contributed by atoms with van der Waals surface area (Å²) in [7, 11) is 0. The lowest BCUT2D eigenvalue weighted by Gasteiger charge is -2.53. The molecule has 0 aromatic heterocycles. The fraction of sp³-hybridized carbons (Fsp3) is 0.632. The summed E-state index contributed by atoms with van der Waals surface area (Å²) in [5.74, 6) is 0.829. The third-order valence-electron chi connectivity index (χ3n) is 5.93. The Labute approximate surface area is 142 Å². The summed E-state index contributed by atoms with van der Waals surface area (Å²) < 4.78 is 13.3. The second kappa shape index (κ2) is 5.81. The van der Waals surface area contributed by atoms with Crippen LogP contribution in [0.3, 0.4) is 0 Å². The Morgan fingerprint density at radius 1 is 1.33 bits per heavy atom. The number of nitrogens with zero attached hydrogens (tertiary/aromatic N) is 2. The molecular weight excluding hydrogens is 307 g/mol. The minimum absolute atomic E-state index is 0.00283. The Morgan fingerprint density at radius 3 is 2.71 bits per heavy atom. The van der Waals surface area contributed by atoms with Gasteiger partial charge in [0, 0.05) is 38.3 Å². The minimum Gasteiger partial charge on any atom is -0.396 e. The van der Waals surface area contributed by atoms with Gasteiger partial charge in [-0.3, -0.25) is 9.69 Å². The first-order valence-corrected chi connectivity index (χ1v) is 8.92. The fourth-order valence-corrected chi connectivity index (χ4v) is 4.41. The van der Waals surface area contributed by atoms with Crippen molar-refractivity contribution in [3.8, 4) is 0 Å².